The molecule has 1 aliphatic heterocycles. The molecule has 0 spiro atoms. The zero-order chi connectivity index (χ0) is 13.9. The van der Waals surface area contributed by atoms with Crippen LogP contribution in [0, 0.1) is 0 Å². The molecule has 1 N–H and O–H groups in total. The van der Waals surface area contributed by atoms with Crippen LogP contribution in [0.4, 0.5) is 18.9 Å². The highest BCUT2D eigenvalue weighted by Crippen LogP contribution is 2.22. The van der Waals surface area contributed by atoms with Gasteiger partial charge in [0.05, 0.1) is 12.1 Å². The molecule has 0 bridgehead atoms. The summed E-state index contributed by atoms with van der Waals surface area (Å²) in [5.41, 5.74) is 0.849. The zero-order valence-corrected chi connectivity index (χ0v) is 10.5. The van der Waals surface area contributed by atoms with Crippen LogP contribution in [0.15, 0.2) is 24.3 Å². The first kappa shape index (κ1) is 14.0. The number of benzene rings is 1. The lowest BCUT2D eigenvalue weighted by Gasteiger charge is -2.17. The van der Waals surface area contributed by atoms with Crippen molar-refractivity contribution in [1.29, 1.82) is 0 Å². The van der Waals surface area contributed by atoms with Gasteiger partial charge in [-0.3, -0.25) is 0 Å². The highest BCUT2D eigenvalue weighted by atomic mass is 19.4. The predicted molar refractivity (Wildman–Crippen MR) is 65.4 cm³/mol. The quantitative estimate of drug-likeness (QED) is 0.915. The van der Waals surface area contributed by atoms with E-state index in [0.29, 0.717) is 0 Å². The molecule has 0 aliphatic carbocycles. The lowest BCUT2D eigenvalue weighted by atomic mass is 10.1. The largest absolute Gasteiger partial charge is 0.484 e. The fourth-order valence-corrected chi connectivity index (χ4v) is 1.95. The summed E-state index contributed by atoms with van der Waals surface area (Å²) in [5.74, 6) is 0.207. The van der Waals surface area contributed by atoms with Gasteiger partial charge in [-0.15, -0.1) is 0 Å². The molecule has 1 aromatic rings. The van der Waals surface area contributed by atoms with E-state index < -0.39 is 12.8 Å². The Hall–Kier alpha value is -1.43. The third-order valence-corrected chi connectivity index (χ3v) is 2.99. The second kappa shape index (κ2) is 5.69. The van der Waals surface area contributed by atoms with Gasteiger partial charge in [-0.25, -0.2) is 0 Å². The van der Waals surface area contributed by atoms with Crippen molar-refractivity contribution in [2.24, 2.45) is 0 Å². The van der Waals surface area contributed by atoms with Crippen LogP contribution in [-0.2, 0) is 4.74 Å². The highest BCUT2D eigenvalue weighted by Gasteiger charge is 2.28. The van der Waals surface area contributed by atoms with E-state index in [1.807, 2.05) is 6.92 Å². The molecule has 0 aromatic heterocycles. The molecule has 1 heterocycles. The van der Waals surface area contributed by atoms with E-state index in [1.54, 1.807) is 12.1 Å². The van der Waals surface area contributed by atoms with Crippen molar-refractivity contribution in [2.75, 3.05) is 18.5 Å². The van der Waals surface area contributed by atoms with Gasteiger partial charge in [0, 0.05) is 12.3 Å². The number of rotatable bonds is 4. The van der Waals surface area contributed by atoms with Gasteiger partial charge in [-0.1, -0.05) is 0 Å². The molecule has 19 heavy (non-hydrogen) atoms. The molecule has 1 saturated heterocycles. The number of nitrogens with one attached hydrogen (secondary N) is 1. The summed E-state index contributed by atoms with van der Waals surface area (Å²) in [6, 6.07) is 6.69. The third-order valence-electron chi connectivity index (χ3n) is 2.99. The molecule has 3 nitrogen and oxygen atoms in total. The molecule has 1 fully saturated rings. The van der Waals surface area contributed by atoms with Crippen molar-refractivity contribution >= 4 is 5.69 Å². The van der Waals surface area contributed by atoms with Crippen LogP contribution in [0.3, 0.4) is 0 Å². The van der Waals surface area contributed by atoms with Gasteiger partial charge in [0.25, 0.3) is 0 Å². The van der Waals surface area contributed by atoms with Crippen LogP contribution < -0.4 is 10.1 Å². The van der Waals surface area contributed by atoms with Crippen LogP contribution in [-0.4, -0.2) is 31.5 Å². The van der Waals surface area contributed by atoms with E-state index in [-0.39, 0.29) is 17.9 Å². The fourth-order valence-electron chi connectivity index (χ4n) is 1.95. The summed E-state index contributed by atoms with van der Waals surface area (Å²) in [7, 11) is 0. The molecule has 106 valence electrons. The Bertz CT molecular complexity index is 405. The molecular weight excluding hydrogens is 259 g/mol. The molecule has 2 unspecified atom stereocenters. The van der Waals surface area contributed by atoms with E-state index >= 15 is 0 Å². The lowest BCUT2D eigenvalue weighted by molar-refractivity contribution is -0.153. The second-order valence-corrected chi connectivity index (χ2v) is 4.54. The Balaban J connectivity index is 1.87. The van der Waals surface area contributed by atoms with Crippen molar-refractivity contribution in [3.05, 3.63) is 24.3 Å². The van der Waals surface area contributed by atoms with Crippen molar-refractivity contribution < 1.29 is 22.6 Å². The molecule has 0 radical (unpaired) electrons. The predicted octanol–water partition coefficient (Wildman–Crippen LogP) is 3.22. The molecule has 1 aromatic carbocycles. The smallest absolute Gasteiger partial charge is 0.422 e. The summed E-state index contributed by atoms with van der Waals surface area (Å²) in [4.78, 5) is 0. The van der Waals surface area contributed by atoms with E-state index in [4.69, 9.17) is 4.74 Å². The van der Waals surface area contributed by atoms with Gasteiger partial charge in [-0.2, -0.15) is 13.2 Å². The number of hydrogen-bond acceptors (Lipinski definition) is 3. The first-order valence-corrected chi connectivity index (χ1v) is 6.12. The van der Waals surface area contributed by atoms with E-state index in [1.165, 1.54) is 12.1 Å². The van der Waals surface area contributed by atoms with Gasteiger partial charge >= 0.3 is 6.18 Å². The number of ether oxygens (including phenoxy) is 2. The first-order valence-electron chi connectivity index (χ1n) is 6.12. The van der Waals surface area contributed by atoms with Gasteiger partial charge in [0.2, 0.25) is 0 Å². The van der Waals surface area contributed by atoms with Crippen LogP contribution >= 0.6 is 0 Å². The Morgan fingerprint density at radius 3 is 2.53 bits per heavy atom. The van der Waals surface area contributed by atoms with Crippen molar-refractivity contribution in [2.45, 2.75) is 31.7 Å². The highest BCUT2D eigenvalue weighted by molar-refractivity contribution is 5.47. The number of alkyl halides is 3. The van der Waals surface area contributed by atoms with E-state index in [2.05, 4.69) is 10.1 Å². The molecular formula is C13H16F3NO2. The Morgan fingerprint density at radius 2 is 2.00 bits per heavy atom. The molecule has 0 saturated carbocycles. The third kappa shape index (κ3) is 4.31. The normalized spacial score (nSPS) is 23.4. The summed E-state index contributed by atoms with van der Waals surface area (Å²) < 4.78 is 46.0. The minimum atomic E-state index is -4.31. The van der Waals surface area contributed by atoms with Gasteiger partial charge in [0.1, 0.15) is 5.75 Å². The van der Waals surface area contributed by atoms with Crippen LogP contribution in [0.1, 0.15) is 13.3 Å². The number of anilines is 1. The Labute approximate surface area is 109 Å². The molecule has 2 rings (SSSR count). The number of halogens is 3. The van der Waals surface area contributed by atoms with Gasteiger partial charge in [-0.05, 0) is 37.6 Å². The zero-order valence-electron chi connectivity index (χ0n) is 10.5. The monoisotopic (exact) mass is 275 g/mol. The van der Waals surface area contributed by atoms with Crippen LogP contribution in [0.25, 0.3) is 0 Å². The van der Waals surface area contributed by atoms with Gasteiger partial charge < -0.3 is 14.8 Å². The van der Waals surface area contributed by atoms with Gasteiger partial charge in [0.15, 0.2) is 6.61 Å². The summed E-state index contributed by atoms with van der Waals surface area (Å²) in [5, 5.41) is 3.29. The van der Waals surface area contributed by atoms with E-state index in [9.17, 15) is 13.2 Å². The van der Waals surface area contributed by atoms with Crippen molar-refractivity contribution in [3.8, 4) is 5.75 Å². The Kier molecular flexibility index (Phi) is 4.19. The lowest BCUT2D eigenvalue weighted by Crippen LogP contribution is -2.26. The molecule has 0 amide bonds. The van der Waals surface area contributed by atoms with Crippen molar-refractivity contribution in [1.82, 2.24) is 0 Å². The minimum absolute atomic E-state index is 0.140. The van der Waals surface area contributed by atoms with Crippen LogP contribution in [0.2, 0.25) is 0 Å². The SMILES string of the molecule is CC1OCCC1Nc1ccc(OCC(F)(F)F)cc1. The summed E-state index contributed by atoms with van der Waals surface area (Å²) >= 11 is 0. The summed E-state index contributed by atoms with van der Waals surface area (Å²) in [6.07, 6.45) is -3.25. The maximum atomic E-state index is 12.0. The topological polar surface area (TPSA) is 30.5 Å². The maximum Gasteiger partial charge on any atom is 0.422 e. The average molecular weight is 275 g/mol. The minimum Gasteiger partial charge on any atom is -0.484 e. The molecule has 2 atom stereocenters. The maximum absolute atomic E-state index is 12.0. The van der Waals surface area contributed by atoms with Crippen LogP contribution in [0.5, 0.6) is 5.75 Å². The van der Waals surface area contributed by atoms with Crippen molar-refractivity contribution in [3.63, 3.8) is 0 Å². The number of hydrogen-bond donors (Lipinski definition) is 1. The fraction of sp³-hybridized carbons (Fsp3) is 0.538. The average Bonchev–Trinajstić information content (AvgIpc) is 2.73. The summed E-state index contributed by atoms with van der Waals surface area (Å²) in [6.45, 7) is 1.45. The molecule has 6 heteroatoms. The second-order valence-electron chi connectivity index (χ2n) is 4.54. The first-order chi connectivity index (χ1) is 8.94. The standard InChI is InChI=1S/C13H16F3NO2/c1-9-12(6-7-18-9)17-10-2-4-11(5-3-10)19-8-13(14,15)16/h2-5,9,12,17H,6-8H2,1H3. The molecule has 1 aliphatic rings. The Morgan fingerprint density at radius 1 is 1.32 bits per heavy atom. The van der Waals surface area contributed by atoms with E-state index in [0.717, 1.165) is 18.7 Å².